The quantitative estimate of drug-likeness (QED) is 0.619. The molecule has 6 nitrogen and oxygen atoms in total. The molecule has 1 fully saturated rings. The van der Waals surface area contributed by atoms with Crippen LogP contribution in [0.1, 0.15) is 50.6 Å². The molecule has 2 aromatic rings. The highest BCUT2D eigenvalue weighted by molar-refractivity contribution is 14.1. The molecule has 0 spiro atoms. The van der Waals surface area contributed by atoms with Gasteiger partial charge in [0.25, 0.3) is 0 Å². The van der Waals surface area contributed by atoms with Gasteiger partial charge >= 0.3 is 5.69 Å². The second-order valence-corrected chi connectivity index (χ2v) is 8.23. The van der Waals surface area contributed by atoms with Crippen LogP contribution in [-0.4, -0.2) is 38.8 Å². The van der Waals surface area contributed by atoms with E-state index in [0.29, 0.717) is 12.1 Å². The summed E-state index contributed by atoms with van der Waals surface area (Å²) in [6.07, 6.45) is 7.11. The fourth-order valence-electron chi connectivity index (χ4n) is 4.03. The largest absolute Gasteiger partial charge is 0.396 e. The third-order valence-electron chi connectivity index (χ3n) is 5.29. The Morgan fingerprint density at radius 2 is 2.04 bits per heavy atom. The maximum atomic E-state index is 12.2. The monoisotopic (exact) mass is 482 g/mol. The molecule has 3 rings (SSSR count). The third kappa shape index (κ3) is 4.52. The second kappa shape index (κ2) is 9.16. The molecule has 1 aromatic heterocycles. The van der Waals surface area contributed by atoms with Crippen molar-refractivity contribution in [1.82, 2.24) is 14.5 Å². The molecule has 0 amide bonds. The summed E-state index contributed by atoms with van der Waals surface area (Å²) in [6.45, 7) is 3.48. The lowest BCUT2D eigenvalue weighted by atomic mass is 9.89. The lowest BCUT2D eigenvalue weighted by Crippen LogP contribution is -2.42. The van der Waals surface area contributed by atoms with Crippen molar-refractivity contribution < 1.29 is 5.11 Å². The van der Waals surface area contributed by atoms with Gasteiger partial charge in [-0.15, -0.1) is 0 Å². The summed E-state index contributed by atoms with van der Waals surface area (Å²) in [5.74, 6) is 0.265. The van der Waals surface area contributed by atoms with Crippen LogP contribution >= 0.6 is 22.6 Å². The maximum Gasteiger partial charge on any atom is 0.354 e. The van der Waals surface area contributed by atoms with Crippen LogP contribution in [0.5, 0.6) is 0 Å². The highest BCUT2D eigenvalue weighted by atomic mass is 127. The van der Waals surface area contributed by atoms with Crippen molar-refractivity contribution >= 4 is 28.4 Å². The van der Waals surface area contributed by atoms with Gasteiger partial charge < -0.3 is 10.8 Å². The average Bonchev–Trinajstić information content (AvgIpc) is 2.67. The van der Waals surface area contributed by atoms with Gasteiger partial charge in [0, 0.05) is 24.9 Å². The minimum absolute atomic E-state index is 0.238. The molecule has 3 N–H and O–H groups in total. The zero-order chi connectivity index (χ0) is 19.4. The first-order valence-corrected chi connectivity index (χ1v) is 10.6. The topological polar surface area (TPSA) is 84.4 Å². The summed E-state index contributed by atoms with van der Waals surface area (Å²) in [5.41, 5.74) is 7.40. The van der Waals surface area contributed by atoms with Gasteiger partial charge in [0.05, 0.1) is 9.26 Å². The van der Waals surface area contributed by atoms with Crippen molar-refractivity contribution in [3.05, 3.63) is 50.1 Å². The smallest absolute Gasteiger partial charge is 0.354 e. The molecule has 0 saturated carbocycles. The van der Waals surface area contributed by atoms with Crippen molar-refractivity contribution in [1.29, 1.82) is 0 Å². The van der Waals surface area contributed by atoms with E-state index in [0.717, 1.165) is 41.5 Å². The predicted octanol–water partition coefficient (Wildman–Crippen LogP) is 3.11. The number of hydrogen-bond acceptors (Lipinski definition) is 5. The van der Waals surface area contributed by atoms with E-state index in [-0.39, 0.29) is 18.1 Å². The van der Waals surface area contributed by atoms with E-state index in [1.165, 1.54) is 16.6 Å². The van der Waals surface area contributed by atoms with Crippen molar-refractivity contribution in [2.75, 3.05) is 18.9 Å². The van der Waals surface area contributed by atoms with Gasteiger partial charge in [-0.2, -0.15) is 4.98 Å². The number of nitrogens with zero attached hydrogens (tertiary/aromatic N) is 3. The first-order valence-electron chi connectivity index (χ1n) is 9.56. The number of halogens is 1. The average molecular weight is 482 g/mol. The van der Waals surface area contributed by atoms with E-state index in [1.54, 1.807) is 6.20 Å². The van der Waals surface area contributed by atoms with E-state index in [2.05, 4.69) is 51.5 Å². The molecule has 1 aromatic carbocycles. The van der Waals surface area contributed by atoms with Crippen LogP contribution in [0.25, 0.3) is 5.69 Å². The Hall–Kier alpha value is -1.45. The SMILES string of the molecule is CCCN1[C@H](CCO)CCC[C@H]1c1ccc(-n2cc(I)c(N)nc2=O)cc1. The summed E-state index contributed by atoms with van der Waals surface area (Å²) in [4.78, 5) is 18.6. The fraction of sp³-hybridized carbons (Fsp3) is 0.500. The molecule has 2 atom stereocenters. The van der Waals surface area contributed by atoms with E-state index in [1.807, 2.05) is 12.1 Å². The lowest BCUT2D eigenvalue weighted by molar-refractivity contribution is 0.0651. The van der Waals surface area contributed by atoms with Crippen LogP contribution in [0.2, 0.25) is 0 Å². The molecule has 1 saturated heterocycles. The molecule has 0 aliphatic carbocycles. The summed E-state index contributed by atoms with van der Waals surface area (Å²) in [7, 11) is 0. The normalized spacial score (nSPS) is 20.7. The van der Waals surface area contributed by atoms with Crippen LogP contribution in [0, 0.1) is 3.57 Å². The van der Waals surface area contributed by atoms with Crippen molar-refractivity contribution in [2.45, 2.75) is 51.1 Å². The van der Waals surface area contributed by atoms with Crippen molar-refractivity contribution in [3.8, 4) is 5.69 Å². The summed E-state index contributed by atoms with van der Waals surface area (Å²) in [5, 5.41) is 9.42. The Morgan fingerprint density at radius 1 is 1.30 bits per heavy atom. The predicted molar refractivity (Wildman–Crippen MR) is 116 cm³/mol. The molecular formula is C20H27IN4O2. The number of nitrogen functional groups attached to an aromatic ring is 1. The van der Waals surface area contributed by atoms with Crippen LogP contribution in [-0.2, 0) is 0 Å². The molecule has 2 heterocycles. The summed E-state index contributed by atoms with van der Waals surface area (Å²) < 4.78 is 2.28. The van der Waals surface area contributed by atoms with Gasteiger partial charge in [-0.05, 0) is 78.9 Å². The zero-order valence-corrected chi connectivity index (χ0v) is 17.8. The van der Waals surface area contributed by atoms with Gasteiger partial charge in [-0.3, -0.25) is 9.47 Å². The van der Waals surface area contributed by atoms with Crippen LogP contribution in [0.15, 0.2) is 35.3 Å². The number of aromatic nitrogens is 2. The Balaban J connectivity index is 1.87. The summed E-state index contributed by atoms with van der Waals surface area (Å²) in [6, 6.07) is 8.98. The Morgan fingerprint density at radius 3 is 2.70 bits per heavy atom. The number of anilines is 1. The zero-order valence-electron chi connectivity index (χ0n) is 15.6. The standard InChI is InChI=1S/C20H27IN4O2/c1-2-11-24-15(10-12-26)4-3-5-18(24)14-6-8-16(9-7-14)25-13-17(21)19(22)23-20(25)27/h6-9,13,15,18,26H,2-5,10-12H2,1H3,(H2,22,23,27)/t15-,18-/m0/s1. The minimum Gasteiger partial charge on any atom is -0.396 e. The Labute approximate surface area is 173 Å². The number of rotatable bonds is 6. The lowest BCUT2D eigenvalue weighted by Gasteiger charge is -2.42. The fourth-order valence-corrected chi connectivity index (χ4v) is 4.43. The Kier molecular flexibility index (Phi) is 6.88. The van der Waals surface area contributed by atoms with E-state index in [4.69, 9.17) is 5.73 Å². The molecule has 0 unspecified atom stereocenters. The van der Waals surface area contributed by atoms with Gasteiger partial charge in [0.1, 0.15) is 5.82 Å². The highest BCUT2D eigenvalue weighted by Crippen LogP contribution is 2.35. The molecule has 27 heavy (non-hydrogen) atoms. The van der Waals surface area contributed by atoms with E-state index >= 15 is 0 Å². The molecule has 0 radical (unpaired) electrons. The highest BCUT2D eigenvalue weighted by Gasteiger charge is 2.30. The molecule has 1 aliphatic rings. The van der Waals surface area contributed by atoms with Crippen molar-refractivity contribution in [3.63, 3.8) is 0 Å². The molecular weight excluding hydrogens is 455 g/mol. The number of benzene rings is 1. The van der Waals surface area contributed by atoms with Gasteiger partial charge in [0.2, 0.25) is 0 Å². The number of piperidine rings is 1. The maximum absolute atomic E-state index is 12.2. The van der Waals surface area contributed by atoms with Crippen LogP contribution < -0.4 is 11.4 Å². The van der Waals surface area contributed by atoms with E-state index < -0.39 is 0 Å². The Bertz CT molecular complexity index is 820. The number of aliphatic hydroxyl groups is 1. The number of likely N-dealkylation sites (tertiary alicyclic amines) is 1. The number of nitrogens with two attached hydrogens (primary N) is 1. The van der Waals surface area contributed by atoms with Crippen LogP contribution in [0.4, 0.5) is 5.82 Å². The molecule has 0 bridgehead atoms. The first-order chi connectivity index (χ1) is 13.0. The molecule has 1 aliphatic heterocycles. The minimum atomic E-state index is -0.367. The summed E-state index contributed by atoms with van der Waals surface area (Å²) >= 11 is 2.08. The molecule has 7 heteroatoms. The molecule has 146 valence electrons. The number of aliphatic hydroxyl groups excluding tert-OH is 1. The second-order valence-electron chi connectivity index (χ2n) is 7.07. The number of hydrogen-bond donors (Lipinski definition) is 2. The third-order valence-corrected chi connectivity index (χ3v) is 6.12. The van der Waals surface area contributed by atoms with Crippen molar-refractivity contribution in [2.24, 2.45) is 0 Å². The van der Waals surface area contributed by atoms with E-state index in [9.17, 15) is 9.90 Å². The first kappa shape index (κ1) is 20.3. The van der Waals surface area contributed by atoms with Gasteiger partial charge in [-0.25, -0.2) is 4.79 Å². The van der Waals surface area contributed by atoms with Gasteiger partial charge in [0.15, 0.2) is 0 Å². The van der Waals surface area contributed by atoms with Crippen LogP contribution in [0.3, 0.4) is 0 Å². The van der Waals surface area contributed by atoms with Gasteiger partial charge in [-0.1, -0.05) is 19.1 Å².